The van der Waals surface area contributed by atoms with Gasteiger partial charge in [-0.25, -0.2) is 0 Å². The number of nitrogens with two attached hydrogens (primary N) is 2. The molecule has 176 valence electrons. The van der Waals surface area contributed by atoms with Gasteiger partial charge < -0.3 is 16.5 Å². The van der Waals surface area contributed by atoms with Crippen LogP contribution >= 0.6 is 47.6 Å². The number of carbonyl (C=O) groups excluding carboxylic acids is 1. The first-order chi connectivity index (χ1) is 13.7. The first-order valence-corrected chi connectivity index (χ1v) is 10.9. The molecule has 29 heavy (non-hydrogen) atoms. The fourth-order valence-electron chi connectivity index (χ4n) is 0.628. The number of aromatic nitrogens is 2. The standard InChI is InChI=1S/C5H6N2OS.C4H7NO.4C2H6.CCl2S.CH5N/c1-7-4(8)2-3-6-5(7)9;1-4(6)2-3-5;4*1-2;2-1(3)4;1-2/h2-3H,1H3,(H,6,9);2-3H,5H2,1H3;4*1-2H3;;2H2,1H3/b;3-2-;;;;;;. The average molecular weight is 494 g/mol. The number of nitrogens with zero attached hydrogens (tertiary/aromatic N) is 1. The van der Waals surface area contributed by atoms with Crippen LogP contribution in [-0.4, -0.2) is 26.2 Å². The van der Waals surface area contributed by atoms with Crippen molar-refractivity contribution in [1.29, 1.82) is 0 Å². The zero-order valence-corrected chi connectivity index (χ0v) is 22.9. The molecule has 1 aromatic rings. The summed E-state index contributed by atoms with van der Waals surface area (Å²) in [6, 6.07) is 1.43. The maximum atomic E-state index is 10.7. The van der Waals surface area contributed by atoms with Crippen LogP contribution in [0.15, 0.2) is 29.3 Å². The molecule has 0 saturated carbocycles. The van der Waals surface area contributed by atoms with Crippen LogP contribution in [0.2, 0.25) is 0 Å². The Hall–Kier alpha value is -1.06. The van der Waals surface area contributed by atoms with Crippen molar-refractivity contribution in [3.05, 3.63) is 39.7 Å². The molecule has 0 fully saturated rings. The van der Waals surface area contributed by atoms with Crippen molar-refractivity contribution < 1.29 is 4.79 Å². The summed E-state index contributed by atoms with van der Waals surface area (Å²) in [6.45, 7) is 17.4. The number of aromatic amines is 1. The van der Waals surface area contributed by atoms with Crippen molar-refractivity contribution >= 4 is 57.2 Å². The smallest absolute Gasteiger partial charge is 0.253 e. The molecule has 0 bridgehead atoms. The number of allylic oxidation sites excluding steroid dienone is 1. The van der Waals surface area contributed by atoms with E-state index in [1.807, 2.05) is 55.4 Å². The Kier molecular flexibility index (Phi) is 80.6. The molecule has 0 atom stereocenters. The van der Waals surface area contributed by atoms with Gasteiger partial charge in [-0.05, 0) is 38.5 Å². The number of rotatable bonds is 1. The molecule has 10 heteroatoms. The second kappa shape index (κ2) is 50.5. The Labute approximate surface area is 198 Å². The summed E-state index contributed by atoms with van der Waals surface area (Å²) in [6.07, 6.45) is 4.06. The van der Waals surface area contributed by atoms with Gasteiger partial charge in [-0.3, -0.25) is 14.2 Å². The molecule has 1 rings (SSSR count). The molecule has 0 aliphatic heterocycles. The van der Waals surface area contributed by atoms with E-state index in [2.05, 4.69) is 22.9 Å². The monoisotopic (exact) mass is 492 g/mol. The second-order valence-electron chi connectivity index (χ2n) is 2.88. The van der Waals surface area contributed by atoms with Crippen molar-refractivity contribution in [3.8, 4) is 0 Å². The average Bonchev–Trinajstić information content (AvgIpc) is 2.73. The van der Waals surface area contributed by atoms with Crippen molar-refractivity contribution in [2.75, 3.05) is 7.05 Å². The van der Waals surface area contributed by atoms with E-state index in [0.717, 1.165) is 0 Å². The van der Waals surface area contributed by atoms with E-state index in [-0.39, 0.29) is 15.1 Å². The van der Waals surface area contributed by atoms with Gasteiger partial charge in [0.15, 0.2) is 14.3 Å². The highest BCUT2D eigenvalue weighted by Gasteiger charge is 1.85. The molecule has 6 nitrogen and oxygen atoms in total. The number of hydrogen-bond acceptors (Lipinski definition) is 6. The van der Waals surface area contributed by atoms with Crippen LogP contribution < -0.4 is 17.0 Å². The Morgan fingerprint density at radius 1 is 1.07 bits per heavy atom. The number of thiocarbonyl (C=S) groups is 1. The van der Waals surface area contributed by atoms with E-state index < -0.39 is 0 Å². The summed E-state index contributed by atoms with van der Waals surface area (Å²) >= 11 is 18.4. The summed E-state index contributed by atoms with van der Waals surface area (Å²) < 4.78 is 1.76. The minimum absolute atomic E-state index is 0.0162. The molecule has 0 aromatic carbocycles. The fraction of sp³-hybridized carbons (Fsp3) is 0.579. The van der Waals surface area contributed by atoms with Gasteiger partial charge in [0.05, 0.1) is 0 Å². The lowest BCUT2D eigenvalue weighted by Gasteiger charge is -1.91. The maximum Gasteiger partial charge on any atom is 0.253 e. The fourth-order valence-corrected chi connectivity index (χ4v) is 0.786. The van der Waals surface area contributed by atoms with E-state index in [9.17, 15) is 9.59 Å². The largest absolute Gasteiger partial charge is 0.404 e. The molecule has 0 amide bonds. The Morgan fingerprint density at radius 2 is 1.38 bits per heavy atom. The first kappa shape index (κ1) is 46.2. The molecular weight excluding hydrogens is 451 g/mol. The quantitative estimate of drug-likeness (QED) is 0.255. The number of carbonyl (C=O) groups is 1. The van der Waals surface area contributed by atoms with Crippen molar-refractivity contribution in [2.24, 2.45) is 18.5 Å². The molecule has 5 N–H and O–H groups in total. The van der Waals surface area contributed by atoms with E-state index in [1.165, 1.54) is 43.1 Å². The van der Waals surface area contributed by atoms with E-state index in [4.69, 9.17) is 41.2 Å². The summed E-state index contributed by atoms with van der Waals surface area (Å²) in [5, 5.41) is 0. The van der Waals surface area contributed by atoms with Crippen molar-refractivity contribution in [2.45, 2.75) is 62.3 Å². The van der Waals surface area contributed by atoms with E-state index in [1.54, 1.807) is 7.05 Å². The van der Waals surface area contributed by atoms with Crippen molar-refractivity contribution in [1.82, 2.24) is 9.55 Å². The number of hydrogen-bond donors (Lipinski definition) is 3. The highest BCUT2D eigenvalue weighted by atomic mass is 35.5. The number of ketones is 1. The minimum atomic E-state index is -0.0845. The van der Waals surface area contributed by atoms with Gasteiger partial charge in [0.2, 0.25) is 0 Å². The first-order valence-electron chi connectivity index (χ1n) is 9.28. The third-order valence-corrected chi connectivity index (χ3v) is 1.79. The molecule has 0 radical (unpaired) electrons. The lowest BCUT2D eigenvalue weighted by Crippen LogP contribution is -2.15. The predicted octanol–water partition coefficient (Wildman–Crippen LogP) is 5.92. The predicted molar refractivity (Wildman–Crippen MR) is 141 cm³/mol. The van der Waals surface area contributed by atoms with Crippen LogP contribution in [-0.2, 0) is 11.8 Å². The van der Waals surface area contributed by atoms with Crippen LogP contribution in [0.1, 0.15) is 62.3 Å². The summed E-state index contributed by atoms with van der Waals surface area (Å²) in [5.41, 5.74) is 9.24. The van der Waals surface area contributed by atoms with Crippen molar-refractivity contribution in [3.63, 3.8) is 0 Å². The van der Waals surface area contributed by atoms with Gasteiger partial charge in [0.25, 0.3) is 5.56 Å². The van der Waals surface area contributed by atoms with Crippen LogP contribution in [0.4, 0.5) is 0 Å². The minimum Gasteiger partial charge on any atom is -0.404 e. The Balaban J connectivity index is -0.0000000428. The summed E-state index contributed by atoms with van der Waals surface area (Å²) in [4.78, 5) is 23.3. The van der Waals surface area contributed by atoms with Crippen LogP contribution in [0.5, 0.6) is 0 Å². The van der Waals surface area contributed by atoms with Gasteiger partial charge in [0, 0.05) is 19.3 Å². The Bertz CT molecular complexity index is 529. The second-order valence-corrected chi connectivity index (χ2v) is 5.07. The maximum absolute atomic E-state index is 10.7. The number of halogens is 2. The molecular formula is C19H42Cl2N4O2S2. The molecule has 1 aromatic heterocycles. The molecule has 0 aliphatic rings. The SMILES string of the molecule is CC.CC.CC.CC.CC(=O)/C=C\N.CN.Cn1c(=O)cc[nH]c1=S.S=C(Cl)Cl. The van der Waals surface area contributed by atoms with Crippen LogP contribution in [0, 0.1) is 4.77 Å². The van der Waals surface area contributed by atoms with Gasteiger partial charge in [-0.1, -0.05) is 90.8 Å². The third kappa shape index (κ3) is 65.9. The van der Waals surface area contributed by atoms with Gasteiger partial charge in [0.1, 0.15) is 0 Å². The van der Waals surface area contributed by atoms with Gasteiger partial charge in [-0.2, -0.15) is 0 Å². The number of nitrogens with one attached hydrogen (secondary N) is 1. The molecule has 0 aliphatic carbocycles. The molecule has 1 heterocycles. The zero-order chi connectivity index (χ0) is 25.4. The Morgan fingerprint density at radius 3 is 1.52 bits per heavy atom. The lowest BCUT2D eigenvalue weighted by atomic mass is 10.4. The van der Waals surface area contributed by atoms with Crippen LogP contribution in [0.25, 0.3) is 0 Å². The highest BCUT2D eigenvalue weighted by Crippen LogP contribution is 1.86. The highest BCUT2D eigenvalue weighted by molar-refractivity contribution is 7.86. The van der Waals surface area contributed by atoms with E-state index >= 15 is 0 Å². The molecule has 0 spiro atoms. The van der Waals surface area contributed by atoms with Crippen LogP contribution in [0.3, 0.4) is 0 Å². The summed E-state index contributed by atoms with van der Waals surface area (Å²) in [5.74, 6) is -0.0162. The molecule has 0 unspecified atom stereocenters. The van der Waals surface area contributed by atoms with Gasteiger partial charge >= 0.3 is 0 Å². The molecule has 0 saturated heterocycles. The van der Waals surface area contributed by atoms with E-state index in [0.29, 0.717) is 4.77 Å². The third-order valence-electron chi connectivity index (χ3n) is 1.40. The normalized spacial score (nSPS) is 6.83. The van der Waals surface area contributed by atoms with Gasteiger partial charge in [-0.15, -0.1) is 0 Å². The number of H-pyrrole nitrogens is 1. The summed E-state index contributed by atoms with van der Waals surface area (Å²) in [7, 11) is 3.13. The zero-order valence-electron chi connectivity index (χ0n) is 19.8. The lowest BCUT2D eigenvalue weighted by molar-refractivity contribution is -0.112. The topological polar surface area (TPSA) is 107 Å².